The summed E-state index contributed by atoms with van der Waals surface area (Å²) in [5, 5.41) is 0. The summed E-state index contributed by atoms with van der Waals surface area (Å²) in [4.78, 5) is 12.1. The number of hydrogen-bond donors (Lipinski definition) is 0. The number of carbonyl (C=O) groups excluding carboxylic acids is 1. The van der Waals surface area contributed by atoms with E-state index in [9.17, 15) is 4.79 Å². The van der Waals surface area contributed by atoms with Gasteiger partial charge in [-0.05, 0) is 58.3 Å². The van der Waals surface area contributed by atoms with Crippen LogP contribution in [-0.2, 0) is 19.3 Å². The van der Waals surface area contributed by atoms with E-state index in [-0.39, 0.29) is 5.92 Å². The summed E-state index contributed by atoms with van der Waals surface area (Å²) >= 11 is 7.34. The molecule has 1 aromatic carbocycles. The second-order valence-electron chi connectivity index (χ2n) is 4.76. The third-order valence-electron chi connectivity index (χ3n) is 3.74. The van der Waals surface area contributed by atoms with Crippen LogP contribution in [0.4, 0.5) is 0 Å². The van der Waals surface area contributed by atoms with Gasteiger partial charge in [0.2, 0.25) is 0 Å². The zero-order valence-corrected chi connectivity index (χ0v) is 12.2. The Morgan fingerprint density at radius 1 is 1.06 bits per heavy atom. The highest BCUT2D eigenvalue weighted by molar-refractivity contribution is 9.11. The Labute approximate surface area is 112 Å². The Morgan fingerprint density at radius 2 is 1.69 bits per heavy atom. The van der Waals surface area contributed by atoms with Crippen molar-refractivity contribution in [3.63, 3.8) is 0 Å². The van der Waals surface area contributed by atoms with E-state index < -0.39 is 0 Å². The van der Waals surface area contributed by atoms with Crippen molar-refractivity contribution >= 4 is 37.6 Å². The minimum Gasteiger partial charge on any atom is -0.294 e. The first-order valence-electron chi connectivity index (χ1n) is 5.67. The monoisotopic (exact) mass is 342 g/mol. The van der Waals surface area contributed by atoms with Crippen molar-refractivity contribution < 1.29 is 4.79 Å². The lowest BCUT2D eigenvalue weighted by Gasteiger charge is -2.11. The van der Waals surface area contributed by atoms with Gasteiger partial charge in [0.25, 0.3) is 0 Å². The Hall–Kier alpha value is -0.150. The molecule has 0 saturated heterocycles. The highest BCUT2D eigenvalue weighted by Crippen LogP contribution is 2.44. The molecular formula is C13H12Br2O. The fraction of sp³-hybridized carbons (Fsp3) is 0.462. The van der Waals surface area contributed by atoms with Crippen molar-refractivity contribution in [2.75, 3.05) is 0 Å². The van der Waals surface area contributed by atoms with E-state index in [4.69, 9.17) is 0 Å². The minimum atomic E-state index is 0.144. The largest absolute Gasteiger partial charge is 0.294 e. The molecule has 1 atom stereocenters. The summed E-state index contributed by atoms with van der Waals surface area (Å²) in [5.74, 6) is 0.447. The number of halogens is 2. The molecule has 1 nitrogen and oxygen atoms in total. The van der Waals surface area contributed by atoms with Gasteiger partial charge in [0.05, 0.1) is 0 Å². The molecule has 0 amide bonds. The van der Waals surface area contributed by atoms with Crippen LogP contribution in [0, 0.1) is 5.92 Å². The number of rotatable bonds is 0. The molecule has 0 spiro atoms. The Bertz CT molecular complexity index is 505. The van der Waals surface area contributed by atoms with Crippen LogP contribution in [0.3, 0.4) is 0 Å². The normalized spacial score (nSPS) is 22.4. The van der Waals surface area contributed by atoms with E-state index >= 15 is 0 Å². The van der Waals surface area contributed by atoms with Crippen LogP contribution in [0.1, 0.15) is 40.4 Å². The Kier molecular flexibility index (Phi) is 2.52. The van der Waals surface area contributed by atoms with E-state index in [0.717, 1.165) is 29.3 Å². The molecule has 3 rings (SSSR count). The molecule has 16 heavy (non-hydrogen) atoms. The maximum Gasteiger partial charge on any atom is 0.167 e. The van der Waals surface area contributed by atoms with Crippen LogP contribution >= 0.6 is 31.9 Å². The minimum absolute atomic E-state index is 0.144. The molecule has 84 valence electrons. The van der Waals surface area contributed by atoms with Gasteiger partial charge in [-0.2, -0.15) is 0 Å². The average molecular weight is 344 g/mol. The maximum absolute atomic E-state index is 12.1. The molecule has 0 aromatic heterocycles. The van der Waals surface area contributed by atoms with Crippen LogP contribution in [0.5, 0.6) is 0 Å². The van der Waals surface area contributed by atoms with Crippen molar-refractivity contribution in [2.45, 2.75) is 32.6 Å². The smallest absolute Gasteiger partial charge is 0.167 e. The van der Waals surface area contributed by atoms with Gasteiger partial charge in [0.15, 0.2) is 5.78 Å². The van der Waals surface area contributed by atoms with E-state index in [1.165, 1.54) is 27.6 Å². The van der Waals surface area contributed by atoms with Crippen molar-refractivity contribution in [1.82, 2.24) is 0 Å². The zero-order chi connectivity index (χ0) is 11.4. The number of fused-ring (bicyclic) bond motifs is 2. The molecule has 0 fully saturated rings. The predicted molar refractivity (Wildman–Crippen MR) is 71.1 cm³/mol. The Morgan fingerprint density at radius 3 is 2.38 bits per heavy atom. The number of Topliss-reactive ketones (excluding diaryl/α,β-unsaturated/α-hetero) is 1. The SMILES string of the molecule is CC1Cc2c(Br)c3c(c(Br)c2C1=O)CCC3. The van der Waals surface area contributed by atoms with Gasteiger partial charge >= 0.3 is 0 Å². The van der Waals surface area contributed by atoms with Crippen LogP contribution < -0.4 is 0 Å². The molecule has 1 aromatic rings. The molecule has 0 radical (unpaired) electrons. The summed E-state index contributed by atoms with van der Waals surface area (Å²) in [6.07, 6.45) is 4.34. The van der Waals surface area contributed by atoms with Crippen LogP contribution in [0.2, 0.25) is 0 Å². The molecule has 0 aliphatic heterocycles. The van der Waals surface area contributed by atoms with E-state index in [0.29, 0.717) is 5.78 Å². The number of benzene rings is 1. The first-order chi connectivity index (χ1) is 7.61. The molecule has 0 heterocycles. The fourth-order valence-electron chi connectivity index (χ4n) is 2.90. The highest BCUT2D eigenvalue weighted by atomic mass is 79.9. The van der Waals surface area contributed by atoms with Crippen LogP contribution in [0.15, 0.2) is 8.95 Å². The first kappa shape index (κ1) is 11.0. The van der Waals surface area contributed by atoms with Gasteiger partial charge < -0.3 is 0 Å². The zero-order valence-electron chi connectivity index (χ0n) is 9.07. The molecular weight excluding hydrogens is 332 g/mol. The summed E-state index contributed by atoms with van der Waals surface area (Å²) < 4.78 is 2.28. The van der Waals surface area contributed by atoms with Crippen molar-refractivity contribution in [3.8, 4) is 0 Å². The van der Waals surface area contributed by atoms with Crippen molar-refractivity contribution in [2.24, 2.45) is 5.92 Å². The van der Waals surface area contributed by atoms with Gasteiger partial charge in [-0.1, -0.05) is 22.9 Å². The van der Waals surface area contributed by atoms with Crippen LogP contribution in [-0.4, -0.2) is 5.78 Å². The van der Waals surface area contributed by atoms with Gasteiger partial charge in [-0.25, -0.2) is 0 Å². The standard InChI is InChI=1S/C13H12Br2O/c1-6-5-9-10(13(6)16)12(15)8-4-2-3-7(8)11(9)14/h6H,2-5H2,1H3. The molecule has 1 unspecified atom stereocenters. The third-order valence-corrected chi connectivity index (χ3v) is 5.57. The summed E-state index contributed by atoms with van der Waals surface area (Å²) in [6.45, 7) is 2.02. The van der Waals surface area contributed by atoms with E-state index in [2.05, 4.69) is 31.9 Å². The summed E-state index contributed by atoms with van der Waals surface area (Å²) in [5.41, 5.74) is 4.95. The molecule has 0 bridgehead atoms. The molecule has 2 aliphatic carbocycles. The average Bonchev–Trinajstić information content (AvgIpc) is 2.83. The number of ketones is 1. The van der Waals surface area contributed by atoms with Gasteiger partial charge in [0, 0.05) is 20.4 Å². The van der Waals surface area contributed by atoms with E-state index in [1.807, 2.05) is 6.92 Å². The lowest BCUT2D eigenvalue weighted by Crippen LogP contribution is -2.04. The molecule has 3 heteroatoms. The van der Waals surface area contributed by atoms with Gasteiger partial charge in [-0.3, -0.25) is 4.79 Å². The number of carbonyl (C=O) groups is 1. The third kappa shape index (κ3) is 1.31. The molecule has 0 saturated carbocycles. The molecule has 0 N–H and O–H groups in total. The lowest BCUT2D eigenvalue weighted by atomic mass is 10.0. The van der Waals surface area contributed by atoms with Crippen molar-refractivity contribution in [1.29, 1.82) is 0 Å². The van der Waals surface area contributed by atoms with Crippen molar-refractivity contribution in [3.05, 3.63) is 31.2 Å². The second-order valence-corrected chi connectivity index (χ2v) is 6.35. The number of hydrogen-bond acceptors (Lipinski definition) is 1. The molecule has 2 aliphatic rings. The summed E-state index contributed by atoms with van der Waals surface area (Å²) in [7, 11) is 0. The topological polar surface area (TPSA) is 17.1 Å². The maximum atomic E-state index is 12.1. The lowest BCUT2D eigenvalue weighted by molar-refractivity contribution is 0.0945. The van der Waals surface area contributed by atoms with Gasteiger partial charge in [-0.15, -0.1) is 0 Å². The fourth-order valence-corrected chi connectivity index (χ4v) is 4.57. The summed E-state index contributed by atoms with van der Waals surface area (Å²) in [6, 6.07) is 0. The van der Waals surface area contributed by atoms with Gasteiger partial charge in [0.1, 0.15) is 0 Å². The Balaban J connectivity index is 2.34. The second kappa shape index (κ2) is 3.67. The van der Waals surface area contributed by atoms with E-state index in [1.54, 1.807) is 0 Å². The quantitative estimate of drug-likeness (QED) is 0.693. The van der Waals surface area contributed by atoms with Crippen LogP contribution in [0.25, 0.3) is 0 Å². The first-order valence-corrected chi connectivity index (χ1v) is 7.25. The predicted octanol–water partition coefficient (Wildman–Crippen LogP) is 4.08. The highest BCUT2D eigenvalue weighted by Gasteiger charge is 2.34.